The normalized spacial score (nSPS) is 10.3. The summed E-state index contributed by atoms with van der Waals surface area (Å²) in [4.78, 5) is 10.8. The van der Waals surface area contributed by atoms with Crippen LogP contribution < -0.4 is 4.74 Å². The van der Waals surface area contributed by atoms with E-state index in [9.17, 15) is 4.79 Å². The summed E-state index contributed by atoms with van der Waals surface area (Å²) in [7, 11) is 0. The molecular formula is C18H20O3. The number of rotatable bonds is 7. The lowest BCUT2D eigenvalue weighted by molar-refractivity contribution is -0.136. The van der Waals surface area contributed by atoms with Gasteiger partial charge in [0, 0.05) is 0 Å². The van der Waals surface area contributed by atoms with Crippen molar-refractivity contribution in [3.05, 3.63) is 54.1 Å². The van der Waals surface area contributed by atoms with E-state index in [1.54, 1.807) is 0 Å². The van der Waals surface area contributed by atoms with Gasteiger partial charge in [-0.3, -0.25) is 4.79 Å². The fourth-order valence-electron chi connectivity index (χ4n) is 2.14. The predicted molar refractivity (Wildman–Crippen MR) is 83.6 cm³/mol. The SMILES string of the molecule is CCCCOc1cccc(-c2cccc(CC(=O)O)c2)c1. The summed E-state index contributed by atoms with van der Waals surface area (Å²) in [5, 5.41) is 8.87. The summed E-state index contributed by atoms with van der Waals surface area (Å²) >= 11 is 0. The first kappa shape index (κ1) is 15.1. The van der Waals surface area contributed by atoms with E-state index in [1.807, 2.05) is 48.5 Å². The molecule has 1 N–H and O–H groups in total. The van der Waals surface area contributed by atoms with E-state index >= 15 is 0 Å². The number of unbranched alkanes of at least 4 members (excludes halogenated alkanes) is 1. The molecule has 0 unspecified atom stereocenters. The van der Waals surface area contributed by atoms with Crippen LogP contribution in [0.3, 0.4) is 0 Å². The van der Waals surface area contributed by atoms with Gasteiger partial charge in [-0.05, 0) is 35.2 Å². The monoisotopic (exact) mass is 284 g/mol. The van der Waals surface area contributed by atoms with Crippen LogP contribution >= 0.6 is 0 Å². The lowest BCUT2D eigenvalue weighted by atomic mass is 10.0. The van der Waals surface area contributed by atoms with Crippen molar-refractivity contribution in [2.24, 2.45) is 0 Å². The van der Waals surface area contributed by atoms with Crippen LogP contribution in [0.5, 0.6) is 5.75 Å². The number of hydrogen-bond acceptors (Lipinski definition) is 2. The van der Waals surface area contributed by atoms with Gasteiger partial charge >= 0.3 is 5.97 Å². The van der Waals surface area contributed by atoms with Crippen LogP contribution in [0.25, 0.3) is 11.1 Å². The number of carbonyl (C=O) groups is 1. The molecule has 0 aliphatic heterocycles. The van der Waals surface area contributed by atoms with E-state index < -0.39 is 5.97 Å². The molecule has 0 radical (unpaired) electrons. The van der Waals surface area contributed by atoms with Crippen LogP contribution in [0.2, 0.25) is 0 Å². The first-order valence-corrected chi connectivity index (χ1v) is 7.23. The molecule has 2 aromatic carbocycles. The maximum Gasteiger partial charge on any atom is 0.307 e. The van der Waals surface area contributed by atoms with Crippen molar-refractivity contribution in [2.75, 3.05) is 6.61 Å². The van der Waals surface area contributed by atoms with Crippen LogP contribution in [0.4, 0.5) is 0 Å². The van der Waals surface area contributed by atoms with Crippen molar-refractivity contribution in [1.82, 2.24) is 0 Å². The molecule has 0 saturated carbocycles. The molecule has 0 aliphatic rings. The quantitative estimate of drug-likeness (QED) is 0.777. The Morgan fingerprint density at radius 2 is 1.81 bits per heavy atom. The number of ether oxygens (including phenoxy) is 1. The minimum Gasteiger partial charge on any atom is -0.494 e. The van der Waals surface area contributed by atoms with Crippen LogP contribution in [0.1, 0.15) is 25.3 Å². The minimum atomic E-state index is -0.816. The minimum absolute atomic E-state index is 0.0422. The molecule has 0 bridgehead atoms. The Kier molecular flexibility index (Phi) is 5.38. The molecular weight excluding hydrogens is 264 g/mol. The maximum absolute atomic E-state index is 10.8. The highest BCUT2D eigenvalue weighted by atomic mass is 16.5. The number of benzene rings is 2. The van der Waals surface area contributed by atoms with Crippen molar-refractivity contribution in [3.8, 4) is 16.9 Å². The summed E-state index contributed by atoms with van der Waals surface area (Å²) in [6.45, 7) is 2.85. The first-order valence-electron chi connectivity index (χ1n) is 7.23. The predicted octanol–water partition coefficient (Wildman–Crippen LogP) is 4.16. The fourth-order valence-corrected chi connectivity index (χ4v) is 2.14. The first-order chi connectivity index (χ1) is 10.2. The molecule has 3 nitrogen and oxygen atoms in total. The van der Waals surface area contributed by atoms with Crippen LogP contribution in [-0.4, -0.2) is 17.7 Å². The van der Waals surface area contributed by atoms with Crippen LogP contribution in [-0.2, 0) is 11.2 Å². The molecule has 0 atom stereocenters. The van der Waals surface area contributed by atoms with Gasteiger partial charge in [-0.2, -0.15) is 0 Å². The zero-order valence-corrected chi connectivity index (χ0v) is 12.2. The molecule has 0 amide bonds. The third-order valence-electron chi connectivity index (χ3n) is 3.22. The second-order valence-corrected chi connectivity index (χ2v) is 5.00. The summed E-state index contributed by atoms with van der Waals surface area (Å²) in [6, 6.07) is 15.5. The summed E-state index contributed by atoms with van der Waals surface area (Å²) in [5.74, 6) is 0.0355. The highest BCUT2D eigenvalue weighted by Gasteiger charge is 2.04. The smallest absolute Gasteiger partial charge is 0.307 e. The summed E-state index contributed by atoms with van der Waals surface area (Å²) in [6.07, 6.45) is 2.19. The number of carboxylic acids is 1. The van der Waals surface area contributed by atoms with Gasteiger partial charge in [-0.15, -0.1) is 0 Å². The van der Waals surface area contributed by atoms with E-state index in [4.69, 9.17) is 9.84 Å². The van der Waals surface area contributed by atoms with Crippen molar-refractivity contribution in [2.45, 2.75) is 26.2 Å². The molecule has 21 heavy (non-hydrogen) atoms. The molecule has 2 rings (SSSR count). The standard InChI is InChI=1S/C18H20O3/c1-2-3-10-21-17-9-5-8-16(13-17)15-7-4-6-14(11-15)12-18(19)20/h4-9,11,13H,2-3,10,12H2,1H3,(H,19,20). The van der Waals surface area contributed by atoms with E-state index in [2.05, 4.69) is 6.92 Å². The Balaban J connectivity index is 2.17. The van der Waals surface area contributed by atoms with Crippen molar-refractivity contribution in [3.63, 3.8) is 0 Å². The van der Waals surface area contributed by atoms with Gasteiger partial charge < -0.3 is 9.84 Å². The Morgan fingerprint density at radius 3 is 2.52 bits per heavy atom. The zero-order valence-electron chi connectivity index (χ0n) is 12.2. The van der Waals surface area contributed by atoms with E-state index in [-0.39, 0.29) is 6.42 Å². The lowest BCUT2D eigenvalue weighted by Crippen LogP contribution is -1.99. The van der Waals surface area contributed by atoms with Gasteiger partial charge in [0.15, 0.2) is 0 Å². The number of aliphatic carboxylic acids is 1. The molecule has 0 aromatic heterocycles. The van der Waals surface area contributed by atoms with Gasteiger partial charge in [0.1, 0.15) is 5.75 Å². The van der Waals surface area contributed by atoms with Gasteiger partial charge in [0.25, 0.3) is 0 Å². The molecule has 0 aliphatic carbocycles. The van der Waals surface area contributed by atoms with E-state index in [1.165, 1.54) is 0 Å². The molecule has 0 spiro atoms. The van der Waals surface area contributed by atoms with E-state index in [0.717, 1.165) is 41.9 Å². The Labute approximate surface area is 125 Å². The third kappa shape index (κ3) is 4.63. The second-order valence-electron chi connectivity index (χ2n) is 5.00. The van der Waals surface area contributed by atoms with Crippen molar-refractivity contribution >= 4 is 5.97 Å². The van der Waals surface area contributed by atoms with Crippen molar-refractivity contribution < 1.29 is 14.6 Å². The van der Waals surface area contributed by atoms with E-state index in [0.29, 0.717) is 0 Å². The average Bonchev–Trinajstić information content (AvgIpc) is 2.47. The van der Waals surface area contributed by atoms with Gasteiger partial charge in [-0.25, -0.2) is 0 Å². The summed E-state index contributed by atoms with van der Waals surface area (Å²) < 4.78 is 5.71. The molecule has 0 saturated heterocycles. The molecule has 3 heteroatoms. The topological polar surface area (TPSA) is 46.5 Å². The summed E-state index contributed by atoms with van der Waals surface area (Å²) in [5.41, 5.74) is 2.85. The molecule has 2 aromatic rings. The Hall–Kier alpha value is -2.29. The van der Waals surface area contributed by atoms with Crippen molar-refractivity contribution in [1.29, 1.82) is 0 Å². The highest BCUT2D eigenvalue weighted by molar-refractivity contribution is 5.72. The molecule has 110 valence electrons. The van der Waals surface area contributed by atoms with Gasteiger partial charge in [0.2, 0.25) is 0 Å². The van der Waals surface area contributed by atoms with Crippen LogP contribution in [0.15, 0.2) is 48.5 Å². The largest absolute Gasteiger partial charge is 0.494 e. The van der Waals surface area contributed by atoms with Gasteiger partial charge in [0.05, 0.1) is 13.0 Å². The van der Waals surface area contributed by atoms with Gasteiger partial charge in [-0.1, -0.05) is 49.7 Å². The second kappa shape index (κ2) is 7.48. The Bertz CT molecular complexity index is 605. The molecule has 0 heterocycles. The number of carboxylic acid groups (broad SMARTS) is 1. The Morgan fingerprint density at radius 1 is 1.10 bits per heavy atom. The van der Waals surface area contributed by atoms with Crippen LogP contribution in [0, 0.1) is 0 Å². The number of hydrogen-bond donors (Lipinski definition) is 1. The molecule has 0 fully saturated rings. The lowest BCUT2D eigenvalue weighted by Gasteiger charge is -2.08. The maximum atomic E-state index is 10.8. The third-order valence-corrected chi connectivity index (χ3v) is 3.22. The fraction of sp³-hybridized carbons (Fsp3) is 0.278. The average molecular weight is 284 g/mol. The zero-order chi connectivity index (χ0) is 15.1. The highest BCUT2D eigenvalue weighted by Crippen LogP contribution is 2.25.